The number of para-hydroxylation sites is 1. The molecule has 1 aliphatic carbocycles. The Balaban J connectivity index is 1.30. The van der Waals surface area contributed by atoms with Crippen LogP contribution >= 0.6 is 0 Å². The third-order valence-electron chi connectivity index (χ3n) is 4.93. The Bertz CT molecular complexity index is 715. The molecule has 0 atom stereocenters. The molecule has 4 rings (SSSR count). The third-order valence-corrected chi connectivity index (χ3v) is 4.93. The first kappa shape index (κ1) is 15.2. The van der Waals surface area contributed by atoms with Crippen LogP contribution in [-0.2, 0) is 11.3 Å². The highest BCUT2D eigenvalue weighted by Crippen LogP contribution is 2.34. The van der Waals surface area contributed by atoms with Crippen LogP contribution in [0.1, 0.15) is 30.3 Å². The molecule has 2 aliphatic rings. The second-order valence-corrected chi connectivity index (χ2v) is 6.91. The number of carbonyl (C=O) groups excluding carboxylic acids is 1. The molecule has 2 aromatic rings. The van der Waals surface area contributed by atoms with Crippen LogP contribution in [0.5, 0.6) is 5.75 Å². The summed E-state index contributed by atoms with van der Waals surface area (Å²) in [5.41, 5.74) is 1.23. The molecule has 5 heteroatoms. The van der Waals surface area contributed by atoms with E-state index >= 15 is 0 Å². The molecule has 1 aliphatic heterocycles. The van der Waals surface area contributed by atoms with E-state index in [1.807, 2.05) is 41.4 Å². The van der Waals surface area contributed by atoms with Crippen molar-refractivity contribution in [3.05, 3.63) is 48.0 Å². The zero-order valence-electron chi connectivity index (χ0n) is 14.0. The Morgan fingerprint density at radius 2 is 2.00 bits per heavy atom. The lowest BCUT2D eigenvalue weighted by Crippen LogP contribution is -2.51. The Labute approximate surface area is 142 Å². The average Bonchev–Trinajstić information content (AvgIpc) is 3.31. The van der Waals surface area contributed by atoms with Crippen LogP contribution < -0.4 is 4.74 Å². The number of nitrogens with zero attached hydrogens (tertiary/aromatic N) is 3. The molecule has 2 heterocycles. The van der Waals surface area contributed by atoms with E-state index in [-0.39, 0.29) is 12.5 Å². The van der Waals surface area contributed by atoms with Crippen LogP contribution in [0.25, 0.3) is 0 Å². The zero-order valence-corrected chi connectivity index (χ0v) is 14.0. The Morgan fingerprint density at radius 3 is 2.71 bits per heavy atom. The number of rotatable bonds is 6. The molecule has 0 N–H and O–H groups in total. The monoisotopic (exact) mass is 325 g/mol. The molecule has 2 fully saturated rings. The fourth-order valence-corrected chi connectivity index (χ4v) is 3.20. The molecule has 1 saturated heterocycles. The van der Waals surface area contributed by atoms with Gasteiger partial charge in [-0.3, -0.25) is 4.79 Å². The van der Waals surface area contributed by atoms with Crippen LogP contribution in [-0.4, -0.2) is 40.1 Å². The van der Waals surface area contributed by atoms with E-state index in [1.165, 1.54) is 18.5 Å². The summed E-state index contributed by atoms with van der Waals surface area (Å²) in [6.07, 6.45) is 4.63. The van der Waals surface area contributed by atoms with Gasteiger partial charge in [-0.1, -0.05) is 18.2 Å². The van der Waals surface area contributed by atoms with Gasteiger partial charge in [-0.25, -0.2) is 4.98 Å². The van der Waals surface area contributed by atoms with Crippen molar-refractivity contribution in [3.63, 3.8) is 0 Å². The zero-order chi connectivity index (χ0) is 16.5. The molecule has 24 heavy (non-hydrogen) atoms. The highest BCUT2D eigenvalue weighted by atomic mass is 16.5. The molecule has 0 bridgehead atoms. The second kappa shape index (κ2) is 6.30. The number of hydrogen-bond donors (Lipinski definition) is 0. The molecule has 1 saturated carbocycles. The first-order valence-electron chi connectivity index (χ1n) is 8.68. The molecular weight excluding hydrogens is 302 g/mol. The van der Waals surface area contributed by atoms with E-state index in [0.29, 0.717) is 5.92 Å². The van der Waals surface area contributed by atoms with Gasteiger partial charge in [0.25, 0.3) is 5.91 Å². The minimum absolute atomic E-state index is 0.0483. The number of amides is 1. The van der Waals surface area contributed by atoms with E-state index in [4.69, 9.17) is 4.74 Å². The molecular formula is C19H23N3O2. The normalized spacial score (nSPS) is 17.6. The van der Waals surface area contributed by atoms with Crippen molar-refractivity contribution >= 4 is 5.91 Å². The first-order valence-corrected chi connectivity index (χ1v) is 8.68. The minimum Gasteiger partial charge on any atom is -0.484 e. The van der Waals surface area contributed by atoms with Crippen LogP contribution in [0.2, 0.25) is 0 Å². The van der Waals surface area contributed by atoms with Gasteiger partial charge in [-0.2, -0.15) is 0 Å². The number of benzene rings is 1. The molecule has 0 unspecified atom stereocenters. The fraction of sp³-hybridized carbons (Fsp3) is 0.474. The highest BCUT2D eigenvalue weighted by Gasteiger charge is 2.35. The minimum atomic E-state index is 0.0483. The van der Waals surface area contributed by atoms with Crippen molar-refractivity contribution in [1.82, 2.24) is 14.5 Å². The predicted octanol–water partition coefficient (Wildman–Crippen LogP) is 2.61. The van der Waals surface area contributed by atoms with Gasteiger partial charge in [0.1, 0.15) is 11.6 Å². The second-order valence-electron chi connectivity index (χ2n) is 6.91. The summed E-state index contributed by atoms with van der Waals surface area (Å²) in [6.45, 7) is 4.80. The van der Waals surface area contributed by atoms with Gasteiger partial charge >= 0.3 is 0 Å². The van der Waals surface area contributed by atoms with Crippen LogP contribution in [0.4, 0.5) is 0 Å². The summed E-state index contributed by atoms with van der Waals surface area (Å²) < 4.78 is 7.89. The summed E-state index contributed by atoms with van der Waals surface area (Å²) >= 11 is 0. The lowest BCUT2D eigenvalue weighted by Gasteiger charge is -2.39. The van der Waals surface area contributed by atoms with Crippen molar-refractivity contribution < 1.29 is 9.53 Å². The maximum absolute atomic E-state index is 12.2. The van der Waals surface area contributed by atoms with E-state index in [0.717, 1.165) is 37.1 Å². The third kappa shape index (κ3) is 3.16. The van der Waals surface area contributed by atoms with Crippen LogP contribution in [0.15, 0.2) is 36.5 Å². The quantitative estimate of drug-likeness (QED) is 0.820. The number of hydrogen-bond acceptors (Lipinski definition) is 3. The number of aromatic nitrogens is 2. The van der Waals surface area contributed by atoms with Gasteiger partial charge in [0.2, 0.25) is 0 Å². The number of imidazole rings is 1. The average molecular weight is 325 g/mol. The molecule has 126 valence electrons. The van der Waals surface area contributed by atoms with E-state index in [1.54, 1.807) is 0 Å². The van der Waals surface area contributed by atoms with Crippen molar-refractivity contribution in [3.8, 4) is 5.75 Å². The van der Waals surface area contributed by atoms with Gasteiger partial charge in [-0.05, 0) is 37.8 Å². The number of ether oxygens (including phenoxy) is 1. The smallest absolute Gasteiger partial charge is 0.260 e. The van der Waals surface area contributed by atoms with Gasteiger partial charge in [0.15, 0.2) is 6.61 Å². The standard InChI is InChI=1S/C19H23N3O2/c1-14-9-20-19(22(14)10-15-7-8-15)16-11-21(12-16)18(23)13-24-17-5-3-2-4-6-17/h2-6,9,15-16H,7-8,10-13H2,1H3. The lowest BCUT2D eigenvalue weighted by molar-refractivity contribution is -0.138. The fourth-order valence-electron chi connectivity index (χ4n) is 3.20. The summed E-state index contributed by atoms with van der Waals surface area (Å²) in [5.74, 6) is 3.12. The maximum Gasteiger partial charge on any atom is 0.260 e. The Morgan fingerprint density at radius 1 is 1.25 bits per heavy atom. The predicted molar refractivity (Wildman–Crippen MR) is 90.9 cm³/mol. The summed E-state index contributed by atoms with van der Waals surface area (Å²) in [7, 11) is 0. The topological polar surface area (TPSA) is 47.4 Å². The van der Waals surface area contributed by atoms with Gasteiger partial charge in [0, 0.05) is 31.5 Å². The largest absolute Gasteiger partial charge is 0.484 e. The van der Waals surface area contributed by atoms with E-state index in [9.17, 15) is 4.79 Å². The molecule has 5 nitrogen and oxygen atoms in total. The lowest BCUT2D eigenvalue weighted by atomic mass is 9.99. The SMILES string of the molecule is Cc1cnc(C2CN(C(=O)COc3ccccc3)C2)n1CC1CC1. The van der Waals surface area contributed by atoms with Crippen molar-refractivity contribution in [2.75, 3.05) is 19.7 Å². The van der Waals surface area contributed by atoms with Crippen molar-refractivity contribution in [1.29, 1.82) is 0 Å². The number of likely N-dealkylation sites (tertiary alicyclic amines) is 1. The summed E-state index contributed by atoms with van der Waals surface area (Å²) in [4.78, 5) is 18.7. The number of aryl methyl sites for hydroxylation is 1. The molecule has 1 amide bonds. The van der Waals surface area contributed by atoms with Gasteiger partial charge in [-0.15, -0.1) is 0 Å². The maximum atomic E-state index is 12.2. The summed E-state index contributed by atoms with van der Waals surface area (Å²) in [6, 6.07) is 9.47. The van der Waals surface area contributed by atoms with Crippen LogP contribution in [0, 0.1) is 12.8 Å². The van der Waals surface area contributed by atoms with E-state index < -0.39 is 0 Å². The van der Waals surface area contributed by atoms with Crippen molar-refractivity contribution in [2.24, 2.45) is 5.92 Å². The molecule has 1 aromatic carbocycles. The molecule has 0 radical (unpaired) electrons. The Kier molecular flexibility index (Phi) is 4.00. The van der Waals surface area contributed by atoms with E-state index in [2.05, 4.69) is 16.5 Å². The number of carbonyl (C=O) groups is 1. The highest BCUT2D eigenvalue weighted by molar-refractivity contribution is 5.78. The van der Waals surface area contributed by atoms with Crippen molar-refractivity contribution in [2.45, 2.75) is 32.2 Å². The first-order chi connectivity index (χ1) is 11.7. The van der Waals surface area contributed by atoms with Gasteiger partial charge in [0.05, 0.1) is 5.92 Å². The van der Waals surface area contributed by atoms with Crippen LogP contribution in [0.3, 0.4) is 0 Å². The summed E-state index contributed by atoms with van der Waals surface area (Å²) in [5, 5.41) is 0. The molecule has 1 aromatic heterocycles. The Hall–Kier alpha value is -2.30. The molecule has 0 spiro atoms. The van der Waals surface area contributed by atoms with Gasteiger partial charge < -0.3 is 14.2 Å².